The molecule has 2 atom stereocenters. The molecular weight excluding hydrogens is 661 g/mol. The van der Waals surface area contributed by atoms with E-state index < -0.39 is 36.5 Å². The van der Waals surface area contributed by atoms with Crippen molar-refractivity contribution in [3.05, 3.63) is 80.7 Å². The van der Waals surface area contributed by atoms with Crippen LogP contribution in [0.2, 0.25) is 10.0 Å². The van der Waals surface area contributed by atoms with Gasteiger partial charge in [-0.05, 0) is 54.2 Å². The molecule has 0 amide bonds. The predicted molar refractivity (Wildman–Crippen MR) is 160 cm³/mol. The van der Waals surface area contributed by atoms with Gasteiger partial charge < -0.3 is 28.9 Å². The van der Waals surface area contributed by atoms with E-state index in [1.807, 2.05) is 0 Å². The predicted octanol–water partition coefficient (Wildman–Crippen LogP) is 5.50. The topological polar surface area (TPSA) is 131 Å². The van der Waals surface area contributed by atoms with E-state index in [9.17, 15) is 27.5 Å². The Bertz CT molecular complexity index is 1510. The molecule has 1 fully saturated rings. The summed E-state index contributed by atoms with van der Waals surface area (Å²) < 4.78 is 76.4. The first-order valence-electron chi connectivity index (χ1n) is 13.5. The van der Waals surface area contributed by atoms with Gasteiger partial charge in [0, 0.05) is 18.5 Å². The molecule has 11 nitrogen and oxygen atoms in total. The Labute approximate surface area is 270 Å². The second kappa shape index (κ2) is 15.7. The van der Waals surface area contributed by atoms with Crippen molar-refractivity contribution < 1.29 is 50.8 Å². The maximum Gasteiger partial charge on any atom is 0.387 e. The van der Waals surface area contributed by atoms with Crippen molar-refractivity contribution in [2.45, 2.75) is 38.5 Å². The van der Waals surface area contributed by atoms with Crippen molar-refractivity contribution in [3.8, 4) is 23.0 Å². The lowest BCUT2D eigenvalue weighted by molar-refractivity contribution is -0.605. The van der Waals surface area contributed by atoms with Crippen LogP contribution in [-0.4, -0.2) is 53.0 Å². The Balaban J connectivity index is 1.61. The zero-order valence-corrected chi connectivity index (χ0v) is 26.4. The fraction of sp³-hybridized carbons (Fsp3) is 0.379. The maximum atomic E-state index is 13.3. The zero-order valence-electron chi connectivity index (χ0n) is 24.1. The fourth-order valence-corrected chi connectivity index (χ4v) is 5.42. The first-order chi connectivity index (χ1) is 21.5. The smallest absolute Gasteiger partial charge is 0.387 e. The summed E-state index contributed by atoms with van der Waals surface area (Å²) in [5.41, 5.74) is 1.11. The molecule has 0 spiro atoms. The Hall–Kier alpha value is -3.43. The molecule has 2 aromatic carbocycles. The summed E-state index contributed by atoms with van der Waals surface area (Å²) in [6.07, 6.45) is 2.76. The van der Waals surface area contributed by atoms with E-state index in [0.29, 0.717) is 33.3 Å². The van der Waals surface area contributed by atoms with Gasteiger partial charge in [-0.1, -0.05) is 35.3 Å². The molecule has 0 saturated heterocycles. The number of hydrogen-bond acceptors (Lipinski definition) is 8. The summed E-state index contributed by atoms with van der Waals surface area (Å²) in [6.45, 7) is -3.59. The molecule has 1 heterocycles. The number of benzene rings is 2. The van der Waals surface area contributed by atoms with Crippen LogP contribution in [0.5, 0.6) is 23.0 Å². The third-order valence-electron chi connectivity index (χ3n) is 6.78. The summed E-state index contributed by atoms with van der Waals surface area (Å²) in [7, 11) is 2.91. The molecule has 1 unspecified atom stereocenters. The number of rotatable bonds is 16. The SMILES string of the molecule is COc1ccc(CN(CC(=O)O[C@@H](Cc2c(Cl)c[n+]([O-])cc2Cl)c2ccc(OC(F)F)c(OCC3CC3)c2)S(=O)O)cc1OC. The highest BCUT2D eigenvalue weighted by atomic mass is 35.5. The zero-order chi connectivity index (χ0) is 32.7. The molecule has 16 heteroatoms. The van der Waals surface area contributed by atoms with Crippen molar-refractivity contribution in [1.82, 2.24) is 4.31 Å². The number of carbonyl (C=O) groups excluding carboxylic acids is 1. The van der Waals surface area contributed by atoms with Crippen LogP contribution >= 0.6 is 23.2 Å². The van der Waals surface area contributed by atoms with Crippen LogP contribution in [0, 0.1) is 11.1 Å². The highest BCUT2D eigenvalue weighted by Gasteiger charge is 2.28. The number of esters is 1. The van der Waals surface area contributed by atoms with Gasteiger partial charge in [-0.25, -0.2) is 4.21 Å². The summed E-state index contributed by atoms with van der Waals surface area (Å²) in [5, 5.41) is 11.8. The molecule has 0 bridgehead atoms. The third kappa shape index (κ3) is 9.78. The van der Waals surface area contributed by atoms with Crippen LogP contribution in [0.15, 0.2) is 48.8 Å². The molecule has 244 valence electrons. The van der Waals surface area contributed by atoms with Crippen LogP contribution in [0.4, 0.5) is 8.78 Å². The Morgan fingerprint density at radius 2 is 1.73 bits per heavy atom. The number of pyridine rings is 1. The standard InChI is InChI=1S/C29H30Cl2F2N2O9S/c1-40-23-7-5-18(9-26(23)41-2)12-35(45(38)39)15-28(36)43-25(11-20-21(30)13-34(37)14-22(20)31)19-6-8-24(44-29(32)33)27(10-19)42-16-17-3-4-17/h5-10,13-14,17,25,29H,3-4,11-12,15-16H2,1-2H3,(H,38,39)/t25-/m0/s1. The maximum absolute atomic E-state index is 13.3. The van der Waals surface area contributed by atoms with Crippen molar-refractivity contribution >= 4 is 40.4 Å². The average Bonchev–Trinajstić information content (AvgIpc) is 3.81. The van der Waals surface area contributed by atoms with Crippen LogP contribution in [0.1, 0.15) is 35.6 Å². The van der Waals surface area contributed by atoms with E-state index in [0.717, 1.165) is 29.5 Å². The summed E-state index contributed by atoms with van der Waals surface area (Å²) >= 11 is 10.0. The lowest BCUT2D eigenvalue weighted by Gasteiger charge is -2.23. The number of alkyl halides is 2. The molecule has 0 aliphatic heterocycles. The summed E-state index contributed by atoms with van der Waals surface area (Å²) in [5.74, 6) is 0.0220. The average molecular weight is 692 g/mol. The van der Waals surface area contributed by atoms with E-state index in [2.05, 4.69) is 4.74 Å². The minimum Gasteiger partial charge on any atom is -0.619 e. The number of methoxy groups -OCH3 is 2. The van der Waals surface area contributed by atoms with Crippen molar-refractivity contribution in [2.75, 3.05) is 27.4 Å². The van der Waals surface area contributed by atoms with Gasteiger partial charge in [0.1, 0.15) is 22.7 Å². The van der Waals surface area contributed by atoms with Crippen molar-refractivity contribution in [2.24, 2.45) is 5.92 Å². The number of ether oxygens (including phenoxy) is 5. The van der Waals surface area contributed by atoms with Gasteiger partial charge in [-0.3, -0.25) is 9.35 Å². The van der Waals surface area contributed by atoms with E-state index in [1.165, 1.54) is 32.4 Å². The van der Waals surface area contributed by atoms with E-state index in [4.69, 9.17) is 42.1 Å². The number of aromatic nitrogens is 1. The molecule has 3 aromatic rings. The minimum atomic E-state index is -3.11. The van der Waals surface area contributed by atoms with Gasteiger partial charge in [0.05, 0.1) is 20.8 Å². The minimum absolute atomic E-state index is 0.00653. The molecular formula is C29H30Cl2F2N2O9S. The van der Waals surface area contributed by atoms with E-state index in [-0.39, 0.29) is 46.7 Å². The first-order valence-corrected chi connectivity index (χ1v) is 15.3. The highest BCUT2D eigenvalue weighted by molar-refractivity contribution is 7.76. The Kier molecular flexibility index (Phi) is 12.0. The molecule has 0 radical (unpaired) electrons. The van der Waals surface area contributed by atoms with Crippen LogP contribution in [0.25, 0.3) is 0 Å². The second-order valence-corrected chi connectivity index (χ2v) is 11.8. The van der Waals surface area contributed by atoms with Gasteiger partial charge in [0.2, 0.25) is 11.3 Å². The van der Waals surface area contributed by atoms with Gasteiger partial charge >= 0.3 is 12.6 Å². The molecule has 1 N–H and O–H groups in total. The molecule has 4 rings (SSSR count). The monoisotopic (exact) mass is 690 g/mol. The van der Waals surface area contributed by atoms with E-state index >= 15 is 0 Å². The number of nitrogens with zero attached hydrogens (tertiary/aromatic N) is 2. The molecule has 1 saturated carbocycles. The van der Waals surface area contributed by atoms with Crippen LogP contribution in [-0.2, 0) is 33.8 Å². The van der Waals surface area contributed by atoms with Gasteiger partial charge in [0.25, 0.3) is 0 Å². The van der Waals surface area contributed by atoms with Gasteiger partial charge in [-0.15, -0.1) is 0 Å². The van der Waals surface area contributed by atoms with Crippen LogP contribution < -0.4 is 23.7 Å². The number of carbonyl (C=O) groups is 1. The molecule has 1 aliphatic rings. The quantitative estimate of drug-likeness (QED) is 0.0896. The fourth-order valence-electron chi connectivity index (χ4n) is 4.35. The van der Waals surface area contributed by atoms with Crippen molar-refractivity contribution in [1.29, 1.82) is 0 Å². The molecule has 1 aromatic heterocycles. The van der Waals surface area contributed by atoms with Gasteiger partial charge in [-0.2, -0.15) is 17.8 Å². The van der Waals surface area contributed by atoms with E-state index in [1.54, 1.807) is 18.2 Å². The van der Waals surface area contributed by atoms with Crippen molar-refractivity contribution in [3.63, 3.8) is 0 Å². The first kappa shape index (κ1) is 34.4. The molecule has 45 heavy (non-hydrogen) atoms. The summed E-state index contributed by atoms with van der Waals surface area (Å²) in [6, 6.07) is 8.93. The number of hydrogen-bond donors (Lipinski definition) is 1. The Morgan fingerprint density at radius 1 is 1.07 bits per heavy atom. The highest BCUT2D eigenvalue weighted by Crippen LogP contribution is 2.38. The second-order valence-electron chi connectivity index (χ2n) is 10.0. The molecule has 1 aliphatic carbocycles. The largest absolute Gasteiger partial charge is 0.619 e. The lowest BCUT2D eigenvalue weighted by Crippen LogP contribution is -2.33. The summed E-state index contributed by atoms with van der Waals surface area (Å²) in [4.78, 5) is 13.3. The number of halogens is 4. The normalized spacial score (nSPS) is 14.2. The Morgan fingerprint density at radius 3 is 2.33 bits per heavy atom. The van der Waals surface area contributed by atoms with Crippen LogP contribution in [0.3, 0.4) is 0 Å². The lowest BCUT2D eigenvalue weighted by atomic mass is 10.0. The van der Waals surface area contributed by atoms with Gasteiger partial charge in [0.15, 0.2) is 35.4 Å². The third-order valence-corrected chi connectivity index (χ3v) is 8.13.